The molecule has 5 rings (SSSR count). The number of hydrogen-bond donors (Lipinski definition) is 1. The summed E-state index contributed by atoms with van der Waals surface area (Å²) in [6, 6.07) is 20.0. The van der Waals surface area contributed by atoms with E-state index in [1.54, 1.807) is 14.1 Å². The van der Waals surface area contributed by atoms with Gasteiger partial charge in [0.15, 0.2) is 0 Å². The Morgan fingerprint density at radius 1 is 0.825 bits per heavy atom. The fourth-order valence-corrected chi connectivity index (χ4v) is 5.88. The SMILES string of the molecule is CN(C)c1c(F)cc(C(=O)Nc2ccc(C3CCN(C(=O)C4CCN(c5ccccc5)CC4)CC3)cc2)cc1F. The molecule has 2 saturated heterocycles. The molecule has 2 heterocycles. The molecule has 6 nitrogen and oxygen atoms in total. The molecule has 3 aromatic carbocycles. The Morgan fingerprint density at radius 3 is 2.00 bits per heavy atom. The van der Waals surface area contributed by atoms with Crippen LogP contribution < -0.4 is 15.1 Å². The second-order valence-electron chi connectivity index (χ2n) is 11.0. The molecule has 0 spiro atoms. The molecule has 8 heteroatoms. The summed E-state index contributed by atoms with van der Waals surface area (Å²) in [5, 5.41) is 2.72. The third-order valence-electron chi connectivity index (χ3n) is 8.14. The number of likely N-dealkylation sites (tertiary alicyclic amines) is 1. The van der Waals surface area contributed by atoms with Gasteiger partial charge in [0.2, 0.25) is 5.91 Å². The molecule has 0 aromatic heterocycles. The van der Waals surface area contributed by atoms with Crippen LogP contribution in [-0.4, -0.2) is 57.0 Å². The van der Waals surface area contributed by atoms with Crippen LogP contribution in [0.25, 0.3) is 0 Å². The van der Waals surface area contributed by atoms with Crippen LogP contribution in [0, 0.1) is 17.6 Å². The van der Waals surface area contributed by atoms with Crippen molar-refractivity contribution in [1.82, 2.24) is 4.90 Å². The van der Waals surface area contributed by atoms with Crippen LogP contribution in [0.2, 0.25) is 0 Å². The summed E-state index contributed by atoms with van der Waals surface area (Å²) < 4.78 is 28.6. The lowest BCUT2D eigenvalue weighted by molar-refractivity contribution is -0.137. The fraction of sp³-hybridized carbons (Fsp3) is 0.375. The van der Waals surface area contributed by atoms with Crippen LogP contribution in [0.15, 0.2) is 66.7 Å². The molecule has 3 aromatic rings. The minimum Gasteiger partial charge on any atom is -0.373 e. The van der Waals surface area contributed by atoms with Gasteiger partial charge in [-0.15, -0.1) is 0 Å². The molecule has 2 aliphatic rings. The highest BCUT2D eigenvalue weighted by molar-refractivity contribution is 6.04. The maximum absolute atomic E-state index is 14.3. The van der Waals surface area contributed by atoms with Gasteiger partial charge in [0.1, 0.15) is 17.3 Å². The fourth-order valence-electron chi connectivity index (χ4n) is 5.88. The number of hydrogen-bond acceptors (Lipinski definition) is 4. The molecule has 2 aliphatic heterocycles. The molecule has 0 atom stereocenters. The highest BCUT2D eigenvalue weighted by Gasteiger charge is 2.31. The van der Waals surface area contributed by atoms with E-state index in [1.807, 2.05) is 35.2 Å². The van der Waals surface area contributed by atoms with E-state index in [0.717, 1.165) is 69.6 Å². The van der Waals surface area contributed by atoms with Crippen molar-refractivity contribution in [3.05, 3.63) is 89.5 Å². The third kappa shape index (κ3) is 6.11. The summed E-state index contributed by atoms with van der Waals surface area (Å²) in [7, 11) is 3.08. The van der Waals surface area contributed by atoms with Crippen molar-refractivity contribution in [2.45, 2.75) is 31.6 Å². The van der Waals surface area contributed by atoms with E-state index >= 15 is 0 Å². The van der Waals surface area contributed by atoms with Gasteiger partial charge in [-0.3, -0.25) is 9.59 Å². The van der Waals surface area contributed by atoms with Gasteiger partial charge in [0.05, 0.1) is 0 Å². The lowest BCUT2D eigenvalue weighted by atomic mass is 9.88. The number of benzene rings is 3. The number of nitrogens with one attached hydrogen (secondary N) is 1. The average molecular weight is 547 g/mol. The largest absolute Gasteiger partial charge is 0.373 e. The monoisotopic (exact) mass is 546 g/mol. The molecule has 0 radical (unpaired) electrons. The molecule has 0 aliphatic carbocycles. The predicted octanol–water partition coefficient (Wildman–Crippen LogP) is 5.91. The van der Waals surface area contributed by atoms with Crippen molar-refractivity contribution in [1.29, 1.82) is 0 Å². The first-order valence-corrected chi connectivity index (χ1v) is 14.0. The first-order valence-electron chi connectivity index (χ1n) is 14.0. The van der Waals surface area contributed by atoms with Gasteiger partial charge >= 0.3 is 0 Å². The van der Waals surface area contributed by atoms with Gasteiger partial charge < -0.3 is 20.0 Å². The second kappa shape index (κ2) is 12.1. The second-order valence-corrected chi connectivity index (χ2v) is 11.0. The average Bonchev–Trinajstić information content (AvgIpc) is 2.97. The topological polar surface area (TPSA) is 55.9 Å². The minimum atomic E-state index is -0.784. The summed E-state index contributed by atoms with van der Waals surface area (Å²) in [6.07, 6.45) is 3.58. The van der Waals surface area contributed by atoms with Crippen LogP contribution in [0.4, 0.5) is 25.8 Å². The molecule has 1 N–H and O–H groups in total. The van der Waals surface area contributed by atoms with E-state index in [9.17, 15) is 18.4 Å². The smallest absolute Gasteiger partial charge is 0.255 e. The first kappa shape index (κ1) is 27.6. The Kier molecular flexibility index (Phi) is 8.33. The molecule has 40 heavy (non-hydrogen) atoms. The number of para-hydroxylation sites is 1. The lowest BCUT2D eigenvalue weighted by Crippen LogP contribution is -2.45. The number of nitrogens with zero attached hydrogens (tertiary/aromatic N) is 3. The molecule has 2 amide bonds. The van der Waals surface area contributed by atoms with Gasteiger partial charge in [0, 0.05) is 63.1 Å². The maximum Gasteiger partial charge on any atom is 0.255 e. The first-order chi connectivity index (χ1) is 19.3. The number of rotatable bonds is 6. The van der Waals surface area contributed by atoms with E-state index in [2.05, 4.69) is 34.5 Å². The zero-order chi connectivity index (χ0) is 28.2. The molecule has 0 saturated carbocycles. The zero-order valence-corrected chi connectivity index (χ0v) is 23.1. The number of halogens is 2. The van der Waals surface area contributed by atoms with Crippen LogP contribution in [0.5, 0.6) is 0 Å². The Bertz CT molecular complexity index is 1310. The van der Waals surface area contributed by atoms with Crippen molar-refractivity contribution in [2.24, 2.45) is 5.92 Å². The molecule has 0 unspecified atom stereocenters. The lowest BCUT2D eigenvalue weighted by Gasteiger charge is -2.38. The highest BCUT2D eigenvalue weighted by atomic mass is 19.1. The molecule has 210 valence electrons. The van der Waals surface area contributed by atoms with Crippen LogP contribution in [-0.2, 0) is 4.79 Å². The molecular weight excluding hydrogens is 510 g/mol. The Labute approximate surface area is 234 Å². The summed E-state index contributed by atoms with van der Waals surface area (Å²) in [5.41, 5.74) is 2.69. The summed E-state index contributed by atoms with van der Waals surface area (Å²) in [5.74, 6) is -1.41. The summed E-state index contributed by atoms with van der Waals surface area (Å²) >= 11 is 0. The highest BCUT2D eigenvalue weighted by Crippen LogP contribution is 2.31. The van der Waals surface area contributed by atoms with E-state index in [1.165, 1.54) is 10.6 Å². The zero-order valence-electron chi connectivity index (χ0n) is 23.1. The summed E-state index contributed by atoms with van der Waals surface area (Å²) in [6.45, 7) is 3.32. The van der Waals surface area contributed by atoms with Crippen molar-refractivity contribution in [3.8, 4) is 0 Å². The molecule has 2 fully saturated rings. The van der Waals surface area contributed by atoms with E-state index in [-0.39, 0.29) is 23.1 Å². The molecule has 0 bridgehead atoms. The number of carbonyl (C=O) groups is 2. The van der Waals surface area contributed by atoms with Crippen molar-refractivity contribution >= 4 is 28.9 Å². The van der Waals surface area contributed by atoms with Crippen molar-refractivity contribution in [3.63, 3.8) is 0 Å². The van der Waals surface area contributed by atoms with Crippen molar-refractivity contribution < 1.29 is 18.4 Å². The molecular formula is C32H36F2N4O2. The van der Waals surface area contributed by atoms with Crippen LogP contribution >= 0.6 is 0 Å². The van der Waals surface area contributed by atoms with Gasteiger partial charge in [-0.05, 0) is 73.6 Å². The van der Waals surface area contributed by atoms with Crippen LogP contribution in [0.1, 0.15) is 47.5 Å². The minimum absolute atomic E-state index is 0.0764. The Morgan fingerprint density at radius 2 is 1.43 bits per heavy atom. The number of carbonyl (C=O) groups excluding carboxylic acids is 2. The van der Waals surface area contributed by atoms with Gasteiger partial charge in [-0.2, -0.15) is 0 Å². The van der Waals surface area contributed by atoms with Crippen molar-refractivity contribution in [2.75, 3.05) is 55.4 Å². The third-order valence-corrected chi connectivity index (χ3v) is 8.14. The predicted molar refractivity (Wildman–Crippen MR) is 155 cm³/mol. The van der Waals surface area contributed by atoms with E-state index in [4.69, 9.17) is 0 Å². The Hall–Kier alpha value is -3.94. The quantitative estimate of drug-likeness (QED) is 0.418. The Balaban J connectivity index is 1.11. The van der Waals surface area contributed by atoms with Gasteiger partial charge in [-0.25, -0.2) is 8.78 Å². The standard InChI is InChI=1S/C32H36F2N4O2/c1-36(2)30-28(33)20-25(21-29(30)34)31(39)35-26-10-8-22(9-11-26)23-12-18-38(19-13-23)32(40)24-14-16-37(17-15-24)27-6-4-3-5-7-27/h3-11,20-21,23-24H,12-19H2,1-2H3,(H,35,39). The number of anilines is 3. The van der Waals surface area contributed by atoms with E-state index < -0.39 is 17.5 Å². The van der Waals surface area contributed by atoms with E-state index in [0.29, 0.717) is 11.6 Å². The number of piperidine rings is 2. The van der Waals surface area contributed by atoms with Crippen LogP contribution in [0.3, 0.4) is 0 Å². The van der Waals surface area contributed by atoms with Gasteiger partial charge in [0.25, 0.3) is 5.91 Å². The number of amides is 2. The summed E-state index contributed by atoms with van der Waals surface area (Å²) in [4.78, 5) is 31.6. The van der Waals surface area contributed by atoms with Gasteiger partial charge in [-0.1, -0.05) is 30.3 Å². The maximum atomic E-state index is 14.3. The normalized spacial score (nSPS) is 16.6.